The van der Waals surface area contributed by atoms with Crippen molar-refractivity contribution in [3.05, 3.63) is 106 Å². The lowest BCUT2D eigenvalue weighted by molar-refractivity contribution is 0.291. The number of rotatable bonds is 8. The lowest BCUT2D eigenvalue weighted by atomic mass is 9.62. The second-order valence-corrected chi connectivity index (χ2v) is 12.7. The van der Waals surface area contributed by atoms with Gasteiger partial charge in [0.05, 0.1) is 0 Å². The molecule has 3 aliphatic rings. The van der Waals surface area contributed by atoms with Crippen LogP contribution in [0.2, 0.25) is 0 Å². The lowest BCUT2D eigenvalue weighted by Gasteiger charge is -2.42. The molecule has 0 saturated heterocycles. The third-order valence-electron chi connectivity index (χ3n) is 9.93. The van der Waals surface area contributed by atoms with Gasteiger partial charge >= 0.3 is 0 Å². The van der Waals surface area contributed by atoms with Gasteiger partial charge in [-0.25, -0.2) is 0 Å². The molecular weight excluding hydrogens is 456 g/mol. The van der Waals surface area contributed by atoms with Crippen LogP contribution in [0.3, 0.4) is 0 Å². The fraction of sp³-hybridized carbons (Fsp3) is 0.526. The summed E-state index contributed by atoms with van der Waals surface area (Å²) in [6, 6.07) is 7.05. The summed E-state index contributed by atoms with van der Waals surface area (Å²) in [5.41, 5.74) is 11.4. The van der Waals surface area contributed by atoms with E-state index in [0.717, 1.165) is 6.42 Å². The topological polar surface area (TPSA) is 0 Å². The van der Waals surface area contributed by atoms with Crippen LogP contribution in [0.1, 0.15) is 121 Å². The van der Waals surface area contributed by atoms with E-state index in [2.05, 4.69) is 101 Å². The quantitative estimate of drug-likeness (QED) is 0.306. The van der Waals surface area contributed by atoms with Crippen molar-refractivity contribution in [1.29, 1.82) is 0 Å². The molecule has 0 heterocycles. The molecule has 3 aliphatic carbocycles. The lowest BCUT2D eigenvalue weighted by Crippen LogP contribution is -2.29. The maximum atomic E-state index is 2.53. The van der Waals surface area contributed by atoms with E-state index in [1.165, 1.54) is 88.2 Å². The number of allylic oxidation sites excluding steroid dienone is 12. The van der Waals surface area contributed by atoms with E-state index >= 15 is 0 Å². The molecule has 1 aromatic rings. The van der Waals surface area contributed by atoms with Crippen LogP contribution in [-0.4, -0.2) is 0 Å². The molecule has 0 nitrogen and oxygen atoms in total. The third kappa shape index (κ3) is 6.62. The van der Waals surface area contributed by atoms with Crippen molar-refractivity contribution in [2.24, 2.45) is 5.41 Å². The van der Waals surface area contributed by atoms with Gasteiger partial charge in [0.25, 0.3) is 0 Å². The van der Waals surface area contributed by atoms with Gasteiger partial charge in [0, 0.05) is 5.41 Å². The molecule has 4 rings (SSSR count). The summed E-state index contributed by atoms with van der Waals surface area (Å²) in [6.45, 7) is 11.6. The molecule has 0 radical (unpaired) electrons. The number of hydrogen-bond acceptors (Lipinski definition) is 0. The molecule has 2 saturated carbocycles. The predicted molar refractivity (Wildman–Crippen MR) is 168 cm³/mol. The van der Waals surface area contributed by atoms with Gasteiger partial charge in [-0.1, -0.05) is 128 Å². The standard InChI is InChI=1S/C38H52/c1-30-19-21-32(3)35(28-30)37(24-14-10-15-25-37)23-13-9-7-6-8-12-18-34(5)38(26-16-11-17-27-38)36-29-31(2)20-22-33(36)4/h6-9,12-13,18-19,21,28-29H,10-11,14-17,20,22-27H2,1-5H3/b7-6+,12-8+,13-9+,34-18-. The Morgan fingerprint density at radius 2 is 1.42 bits per heavy atom. The monoisotopic (exact) mass is 508 g/mol. The molecule has 2 fully saturated rings. The normalized spacial score (nSPS) is 22.6. The summed E-state index contributed by atoms with van der Waals surface area (Å²) in [5, 5.41) is 0. The summed E-state index contributed by atoms with van der Waals surface area (Å²) in [7, 11) is 0. The Balaban J connectivity index is 1.42. The highest BCUT2D eigenvalue weighted by molar-refractivity contribution is 5.44. The average Bonchev–Trinajstić information content (AvgIpc) is 2.93. The summed E-state index contributed by atoms with van der Waals surface area (Å²) in [4.78, 5) is 0. The van der Waals surface area contributed by atoms with Gasteiger partial charge < -0.3 is 0 Å². The molecule has 0 heteroatoms. The molecule has 0 aliphatic heterocycles. The van der Waals surface area contributed by atoms with Crippen LogP contribution >= 0.6 is 0 Å². The van der Waals surface area contributed by atoms with E-state index in [9.17, 15) is 0 Å². The van der Waals surface area contributed by atoms with Gasteiger partial charge in [0.2, 0.25) is 0 Å². The van der Waals surface area contributed by atoms with E-state index < -0.39 is 0 Å². The highest BCUT2D eigenvalue weighted by atomic mass is 14.4. The van der Waals surface area contributed by atoms with Crippen LogP contribution in [0.5, 0.6) is 0 Å². The van der Waals surface area contributed by atoms with Crippen molar-refractivity contribution in [3.8, 4) is 0 Å². The molecule has 0 atom stereocenters. The minimum absolute atomic E-state index is 0.250. The van der Waals surface area contributed by atoms with Gasteiger partial charge in [0.1, 0.15) is 0 Å². The molecule has 0 bridgehead atoms. The van der Waals surface area contributed by atoms with Crippen LogP contribution in [0.15, 0.2) is 89.1 Å². The third-order valence-corrected chi connectivity index (χ3v) is 9.93. The summed E-state index contributed by atoms with van der Waals surface area (Å²) in [5.74, 6) is 0. The predicted octanol–water partition coefficient (Wildman–Crippen LogP) is 11.5. The number of aryl methyl sites for hydroxylation is 2. The Bertz CT molecular complexity index is 1130. The Morgan fingerprint density at radius 1 is 0.763 bits per heavy atom. The Kier molecular flexibility index (Phi) is 9.91. The van der Waals surface area contributed by atoms with Crippen molar-refractivity contribution in [1.82, 2.24) is 0 Å². The molecular formula is C38H52. The molecule has 38 heavy (non-hydrogen) atoms. The minimum atomic E-state index is 0.250. The Morgan fingerprint density at radius 3 is 2.16 bits per heavy atom. The molecule has 0 amide bonds. The highest BCUT2D eigenvalue weighted by Gasteiger charge is 2.38. The van der Waals surface area contributed by atoms with Gasteiger partial charge in [-0.15, -0.1) is 0 Å². The van der Waals surface area contributed by atoms with E-state index in [0.29, 0.717) is 5.41 Å². The zero-order chi connectivity index (χ0) is 27.0. The van der Waals surface area contributed by atoms with Gasteiger partial charge in [-0.2, -0.15) is 0 Å². The summed E-state index contributed by atoms with van der Waals surface area (Å²) < 4.78 is 0. The first-order valence-electron chi connectivity index (χ1n) is 15.5. The van der Waals surface area contributed by atoms with Crippen LogP contribution in [0.4, 0.5) is 0 Å². The van der Waals surface area contributed by atoms with Crippen LogP contribution in [0.25, 0.3) is 0 Å². The Hall–Kier alpha value is -2.34. The first-order valence-corrected chi connectivity index (χ1v) is 15.5. The van der Waals surface area contributed by atoms with E-state index in [-0.39, 0.29) is 5.41 Å². The van der Waals surface area contributed by atoms with Crippen molar-refractivity contribution >= 4 is 0 Å². The zero-order valence-electron chi connectivity index (χ0n) is 25.0. The van der Waals surface area contributed by atoms with Crippen LogP contribution in [-0.2, 0) is 5.41 Å². The van der Waals surface area contributed by atoms with Crippen LogP contribution < -0.4 is 0 Å². The largest absolute Gasteiger partial charge is 0.0837 e. The molecule has 0 spiro atoms. The number of hydrogen-bond donors (Lipinski definition) is 0. The van der Waals surface area contributed by atoms with E-state index in [1.54, 1.807) is 27.9 Å². The van der Waals surface area contributed by atoms with Gasteiger partial charge in [-0.05, 0) is 102 Å². The first kappa shape index (κ1) is 28.7. The highest BCUT2D eigenvalue weighted by Crippen LogP contribution is 2.51. The number of benzene rings is 1. The van der Waals surface area contributed by atoms with Crippen LogP contribution in [0, 0.1) is 19.3 Å². The zero-order valence-corrected chi connectivity index (χ0v) is 25.0. The fourth-order valence-electron chi connectivity index (χ4n) is 7.58. The first-order chi connectivity index (χ1) is 18.4. The summed E-state index contributed by atoms with van der Waals surface area (Å²) in [6.07, 6.45) is 35.6. The second kappa shape index (κ2) is 13.1. The van der Waals surface area contributed by atoms with Gasteiger partial charge in [-0.3, -0.25) is 0 Å². The molecule has 1 aromatic carbocycles. The molecule has 0 N–H and O–H groups in total. The maximum Gasteiger partial charge on any atom is 0.0161 e. The average molecular weight is 509 g/mol. The second-order valence-electron chi connectivity index (χ2n) is 12.7. The van der Waals surface area contributed by atoms with Crippen molar-refractivity contribution < 1.29 is 0 Å². The maximum absolute atomic E-state index is 2.53. The van der Waals surface area contributed by atoms with E-state index in [4.69, 9.17) is 0 Å². The van der Waals surface area contributed by atoms with Crippen molar-refractivity contribution in [2.45, 2.75) is 124 Å². The fourth-order valence-corrected chi connectivity index (χ4v) is 7.58. The molecule has 0 aromatic heterocycles. The summed E-state index contributed by atoms with van der Waals surface area (Å²) >= 11 is 0. The van der Waals surface area contributed by atoms with Crippen molar-refractivity contribution in [3.63, 3.8) is 0 Å². The Labute approximate surface area is 234 Å². The van der Waals surface area contributed by atoms with Crippen molar-refractivity contribution in [2.75, 3.05) is 0 Å². The molecule has 204 valence electrons. The molecule has 0 unspecified atom stereocenters. The minimum Gasteiger partial charge on any atom is -0.0837 e. The van der Waals surface area contributed by atoms with E-state index in [1.807, 2.05) is 0 Å². The smallest absolute Gasteiger partial charge is 0.0161 e. The SMILES string of the molecule is CC1=CC(C2(\C(C)=C/C=C/C=C/C=C/CC3(c4cc(C)ccc4C)CCCCC3)CCCCC2)=C(C)CC1. The van der Waals surface area contributed by atoms with Gasteiger partial charge in [0.15, 0.2) is 0 Å².